The highest BCUT2D eigenvalue weighted by molar-refractivity contribution is 5.82. The highest BCUT2D eigenvalue weighted by atomic mass is 16.2. The topological polar surface area (TPSA) is 36.0 Å². The summed E-state index contributed by atoms with van der Waals surface area (Å²) in [6.45, 7) is 0.0787. The highest BCUT2D eigenvalue weighted by Crippen LogP contribution is 2.15. The van der Waals surface area contributed by atoms with E-state index in [1.54, 1.807) is 6.08 Å². The molecular weight excluding hydrogens is 162 g/mol. The average Bonchev–Trinajstić information content (AvgIpc) is 2.57. The molecule has 0 unspecified atom stereocenters. The van der Waals surface area contributed by atoms with Crippen LogP contribution in [0.5, 0.6) is 0 Å². The van der Waals surface area contributed by atoms with E-state index in [0.717, 1.165) is 11.2 Å². The number of aliphatic hydroxyl groups excluding tert-OH is 1. The maximum Gasteiger partial charge on any atom is 0.0616 e. The van der Waals surface area contributed by atoms with Crippen LogP contribution in [0.2, 0.25) is 0 Å². The molecule has 0 saturated carbocycles. The standard InChI is InChI=1S/C11H11NO/c13-7-3-5-10-8-9-4-1-2-6-11(9)12-10/h1-6,8,12-13H,7H2. The Morgan fingerprint density at radius 2 is 2.15 bits per heavy atom. The number of benzene rings is 1. The maximum atomic E-state index is 8.60. The predicted molar refractivity (Wildman–Crippen MR) is 54.4 cm³/mol. The largest absolute Gasteiger partial charge is 0.392 e. The van der Waals surface area contributed by atoms with Gasteiger partial charge in [0.05, 0.1) is 6.61 Å². The number of H-pyrrole nitrogens is 1. The number of hydrogen-bond donors (Lipinski definition) is 2. The number of nitrogens with one attached hydrogen (secondary N) is 1. The molecule has 0 aliphatic heterocycles. The summed E-state index contributed by atoms with van der Waals surface area (Å²) >= 11 is 0. The smallest absolute Gasteiger partial charge is 0.0616 e. The molecule has 0 saturated heterocycles. The lowest BCUT2D eigenvalue weighted by molar-refractivity contribution is 0.343. The summed E-state index contributed by atoms with van der Waals surface area (Å²) in [7, 11) is 0. The molecule has 0 radical (unpaired) electrons. The van der Waals surface area contributed by atoms with E-state index in [-0.39, 0.29) is 6.61 Å². The first-order chi connectivity index (χ1) is 6.40. The second-order valence-corrected chi connectivity index (χ2v) is 2.90. The predicted octanol–water partition coefficient (Wildman–Crippen LogP) is 2.17. The molecule has 2 rings (SSSR count). The maximum absolute atomic E-state index is 8.60. The molecule has 2 nitrogen and oxygen atoms in total. The summed E-state index contributed by atoms with van der Waals surface area (Å²) in [6, 6.07) is 10.2. The van der Waals surface area contributed by atoms with E-state index >= 15 is 0 Å². The number of aliphatic hydroxyl groups is 1. The van der Waals surface area contributed by atoms with E-state index in [9.17, 15) is 0 Å². The van der Waals surface area contributed by atoms with Gasteiger partial charge in [0.25, 0.3) is 0 Å². The molecule has 0 aliphatic rings. The van der Waals surface area contributed by atoms with Gasteiger partial charge in [0.1, 0.15) is 0 Å². The monoisotopic (exact) mass is 173 g/mol. The molecule has 2 N–H and O–H groups in total. The van der Waals surface area contributed by atoms with E-state index < -0.39 is 0 Å². The van der Waals surface area contributed by atoms with Crippen molar-refractivity contribution in [3.63, 3.8) is 0 Å². The Labute approximate surface area is 76.5 Å². The van der Waals surface area contributed by atoms with Crippen molar-refractivity contribution in [3.8, 4) is 0 Å². The first-order valence-corrected chi connectivity index (χ1v) is 4.25. The summed E-state index contributed by atoms with van der Waals surface area (Å²) in [4.78, 5) is 3.23. The average molecular weight is 173 g/mol. The first kappa shape index (κ1) is 8.08. The van der Waals surface area contributed by atoms with Crippen LogP contribution in [-0.4, -0.2) is 16.7 Å². The van der Waals surface area contributed by atoms with Crippen molar-refractivity contribution in [2.45, 2.75) is 0 Å². The Kier molecular flexibility index (Phi) is 2.15. The number of rotatable bonds is 2. The Hall–Kier alpha value is -1.54. The van der Waals surface area contributed by atoms with Gasteiger partial charge in [-0.25, -0.2) is 0 Å². The van der Waals surface area contributed by atoms with Crippen LogP contribution in [0, 0.1) is 0 Å². The zero-order chi connectivity index (χ0) is 9.10. The molecule has 2 aromatic rings. The molecule has 1 heterocycles. The van der Waals surface area contributed by atoms with Gasteiger partial charge in [-0.2, -0.15) is 0 Å². The van der Waals surface area contributed by atoms with Crippen LogP contribution in [0.4, 0.5) is 0 Å². The van der Waals surface area contributed by atoms with Crippen molar-refractivity contribution in [3.05, 3.63) is 42.1 Å². The van der Waals surface area contributed by atoms with Gasteiger partial charge >= 0.3 is 0 Å². The summed E-state index contributed by atoms with van der Waals surface area (Å²) in [5.41, 5.74) is 2.15. The van der Waals surface area contributed by atoms with Gasteiger partial charge in [0.2, 0.25) is 0 Å². The normalized spacial score (nSPS) is 11.5. The van der Waals surface area contributed by atoms with Crippen LogP contribution in [0.25, 0.3) is 17.0 Å². The Bertz CT molecular complexity index is 395. The fourth-order valence-electron chi connectivity index (χ4n) is 1.37. The van der Waals surface area contributed by atoms with Gasteiger partial charge < -0.3 is 10.1 Å². The van der Waals surface area contributed by atoms with Crippen molar-refractivity contribution in [1.29, 1.82) is 0 Å². The molecule has 1 aromatic carbocycles. The first-order valence-electron chi connectivity index (χ1n) is 4.25. The van der Waals surface area contributed by atoms with E-state index in [4.69, 9.17) is 5.11 Å². The van der Waals surface area contributed by atoms with Gasteiger partial charge in [0.15, 0.2) is 0 Å². The van der Waals surface area contributed by atoms with Gasteiger partial charge in [-0.1, -0.05) is 24.3 Å². The zero-order valence-electron chi connectivity index (χ0n) is 7.20. The van der Waals surface area contributed by atoms with Crippen LogP contribution < -0.4 is 0 Å². The van der Waals surface area contributed by atoms with Gasteiger partial charge in [-0.15, -0.1) is 0 Å². The molecular formula is C11H11NO. The number of para-hydroxylation sites is 1. The molecule has 0 bridgehead atoms. The van der Waals surface area contributed by atoms with Gasteiger partial charge in [-0.3, -0.25) is 0 Å². The van der Waals surface area contributed by atoms with E-state index in [2.05, 4.69) is 17.1 Å². The lowest BCUT2D eigenvalue weighted by Crippen LogP contribution is -1.72. The lowest BCUT2D eigenvalue weighted by Gasteiger charge is -1.84. The summed E-state index contributed by atoms with van der Waals surface area (Å²) in [6.07, 6.45) is 3.59. The third kappa shape index (κ3) is 1.63. The van der Waals surface area contributed by atoms with Crippen LogP contribution in [0.3, 0.4) is 0 Å². The number of aromatic nitrogens is 1. The second kappa shape index (κ2) is 3.46. The number of fused-ring (bicyclic) bond motifs is 1. The fraction of sp³-hybridized carbons (Fsp3) is 0.0909. The second-order valence-electron chi connectivity index (χ2n) is 2.90. The molecule has 0 spiro atoms. The summed E-state index contributed by atoms with van der Waals surface area (Å²) < 4.78 is 0. The molecule has 0 fully saturated rings. The van der Waals surface area contributed by atoms with E-state index in [1.807, 2.05) is 24.3 Å². The Morgan fingerprint density at radius 1 is 1.31 bits per heavy atom. The van der Waals surface area contributed by atoms with Crippen molar-refractivity contribution >= 4 is 17.0 Å². The van der Waals surface area contributed by atoms with Crippen molar-refractivity contribution in [2.24, 2.45) is 0 Å². The fourth-order valence-corrected chi connectivity index (χ4v) is 1.37. The molecule has 1 aromatic heterocycles. The minimum Gasteiger partial charge on any atom is -0.392 e. The SMILES string of the molecule is OCC=Cc1cc2ccccc2[nH]1. The van der Waals surface area contributed by atoms with Crippen LogP contribution in [0.15, 0.2) is 36.4 Å². The minimum absolute atomic E-state index is 0.0787. The molecule has 66 valence electrons. The van der Waals surface area contributed by atoms with Crippen LogP contribution in [0.1, 0.15) is 5.69 Å². The third-order valence-electron chi connectivity index (χ3n) is 1.95. The van der Waals surface area contributed by atoms with Crippen LogP contribution in [-0.2, 0) is 0 Å². The van der Waals surface area contributed by atoms with Gasteiger partial charge in [-0.05, 0) is 23.6 Å². The van der Waals surface area contributed by atoms with E-state index in [0.29, 0.717) is 0 Å². The number of aromatic amines is 1. The lowest BCUT2D eigenvalue weighted by atomic mass is 10.2. The highest BCUT2D eigenvalue weighted by Gasteiger charge is 1.94. The minimum atomic E-state index is 0.0787. The quantitative estimate of drug-likeness (QED) is 0.717. The van der Waals surface area contributed by atoms with Crippen molar-refractivity contribution < 1.29 is 5.11 Å². The summed E-state index contributed by atoms with van der Waals surface area (Å²) in [5.74, 6) is 0. The molecule has 0 amide bonds. The third-order valence-corrected chi connectivity index (χ3v) is 1.95. The number of hydrogen-bond acceptors (Lipinski definition) is 1. The van der Waals surface area contributed by atoms with E-state index in [1.165, 1.54) is 5.39 Å². The van der Waals surface area contributed by atoms with Crippen LogP contribution >= 0.6 is 0 Å². The Balaban J connectivity index is 2.44. The summed E-state index contributed by atoms with van der Waals surface area (Å²) in [5, 5.41) is 9.80. The zero-order valence-corrected chi connectivity index (χ0v) is 7.20. The molecule has 0 atom stereocenters. The van der Waals surface area contributed by atoms with Crippen molar-refractivity contribution in [2.75, 3.05) is 6.61 Å². The Morgan fingerprint density at radius 3 is 2.92 bits per heavy atom. The van der Waals surface area contributed by atoms with Crippen molar-refractivity contribution in [1.82, 2.24) is 4.98 Å². The molecule has 13 heavy (non-hydrogen) atoms. The molecule has 0 aliphatic carbocycles. The molecule has 2 heteroatoms. The van der Waals surface area contributed by atoms with Gasteiger partial charge in [0, 0.05) is 11.2 Å².